The highest BCUT2D eigenvalue weighted by Gasteiger charge is 2.63. The number of carbonyl (C=O) groups is 1. The lowest BCUT2D eigenvalue weighted by molar-refractivity contribution is -0.168. The summed E-state index contributed by atoms with van der Waals surface area (Å²) in [5.74, 6) is 0.121. The summed E-state index contributed by atoms with van der Waals surface area (Å²) in [6.07, 6.45) is 10.6. The molecule has 2 unspecified atom stereocenters. The van der Waals surface area contributed by atoms with E-state index in [-0.39, 0.29) is 23.8 Å². The molecule has 0 aromatic rings. The molecule has 2 saturated carbocycles. The van der Waals surface area contributed by atoms with Crippen LogP contribution >= 0.6 is 0 Å². The average Bonchev–Trinajstić information content (AvgIpc) is 3.06. The quantitative estimate of drug-likeness (QED) is 0.642. The zero-order chi connectivity index (χ0) is 19.3. The smallest absolute Gasteiger partial charge is 0.324 e. The van der Waals surface area contributed by atoms with Crippen LogP contribution in [-0.4, -0.2) is 56.0 Å². The monoisotopic (exact) mass is 377 g/mol. The van der Waals surface area contributed by atoms with E-state index in [1.165, 1.54) is 0 Å². The van der Waals surface area contributed by atoms with E-state index in [0.29, 0.717) is 18.4 Å². The molecule has 4 fully saturated rings. The number of aliphatic hydroxyl groups excluding tert-OH is 2. The minimum Gasteiger partial charge on any atom is -0.480 e. The second-order valence-corrected chi connectivity index (χ2v) is 9.78. The number of carboxylic acids is 1. The van der Waals surface area contributed by atoms with Crippen LogP contribution < -0.4 is 0 Å². The summed E-state index contributed by atoms with van der Waals surface area (Å²) in [5.41, 5.74) is -0.712. The zero-order valence-corrected chi connectivity index (χ0v) is 16.6. The third kappa shape index (κ3) is 2.97. The Hall–Kier alpha value is -0.910. The Bertz CT molecular complexity index is 601. The van der Waals surface area contributed by atoms with Gasteiger partial charge in [-0.15, -0.1) is 0 Å². The molecule has 0 amide bonds. The summed E-state index contributed by atoms with van der Waals surface area (Å²) in [6.45, 7) is 3.97. The normalized spacial score (nSPS) is 43.7. The predicted molar refractivity (Wildman–Crippen MR) is 103 cm³/mol. The molecule has 0 radical (unpaired) electrons. The zero-order valence-electron chi connectivity index (χ0n) is 16.6. The van der Waals surface area contributed by atoms with Crippen LogP contribution in [0.2, 0.25) is 0 Å². The number of aliphatic carboxylic acids is 1. The van der Waals surface area contributed by atoms with Gasteiger partial charge in [-0.05, 0) is 62.7 Å². The Labute approximate surface area is 162 Å². The van der Waals surface area contributed by atoms with Gasteiger partial charge in [-0.1, -0.05) is 32.4 Å². The molecular formula is C22H35NO4. The fraction of sp³-hybridized carbons (Fsp3) is 0.864. The van der Waals surface area contributed by atoms with Crippen LogP contribution in [0.1, 0.15) is 65.2 Å². The van der Waals surface area contributed by atoms with E-state index in [9.17, 15) is 20.1 Å². The summed E-state index contributed by atoms with van der Waals surface area (Å²) < 4.78 is 0. The van der Waals surface area contributed by atoms with Crippen molar-refractivity contribution in [2.45, 2.75) is 95.0 Å². The highest BCUT2D eigenvalue weighted by atomic mass is 16.4. The van der Waals surface area contributed by atoms with Gasteiger partial charge in [-0.3, -0.25) is 9.69 Å². The second kappa shape index (κ2) is 7.16. The number of carboxylic acid groups (broad SMARTS) is 1. The maximum atomic E-state index is 12.5. The fourth-order valence-electron chi connectivity index (χ4n) is 6.50. The third-order valence-corrected chi connectivity index (χ3v) is 8.13. The molecule has 4 rings (SSSR count). The van der Waals surface area contributed by atoms with Gasteiger partial charge in [0, 0.05) is 18.0 Å². The number of piperidine rings is 1. The van der Waals surface area contributed by atoms with Crippen molar-refractivity contribution in [2.24, 2.45) is 23.7 Å². The molecule has 0 aromatic heterocycles. The molecule has 5 nitrogen and oxygen atoms in total. The fourth-order valence-corrected chi connectivity index (χ4v) is 6.50. The van der Waals surface area contributed by atoms with Crippen LogP contribution in [0, 0.1) is 23.7 Å². The molecule has 2 aliphatic carbocycles. The van der Waals surface area contributed by atoms with Crippen LogP contribution in [-0.2, 0) is 4.79 Å². The lowest BCUT2D eigenvalue weighted by atomic mass is 9.65. The minimum absolute atomic E-state index is 0.0295. The predicted octanol–water partition coefficient (Wildman–Crippen LogP) is 2.81. The maximum absolute atomic E-state index is 12.5. The lowest BCUT2D eigenvalue weighted by Gasteiger charge is -2.54. The van der Waals surface area contributed by atoms with Gasteiger partial charge >= 0.3 is 5.97 Å². The first-order valence-electron chi connectivity index (χ1n) is 10.9. The molecule has 7 atom stereocenters. The van der Waals surface area contributed by atoms with E-state index in [2.05, 4.69) is 4.90 Å². The first-order chi connectivity index (χ1) is 12.9. The van der Waals surface area contributed by atoms with Crippen molar-refractivity contribution < 1.29 is 20.1 Å². The van der Waals surface area contributed by atoms with E-state index in [1.807, 2.05) is 26.0 Å². The van der Waals surface area contributed by atoms with Crippen molar-refractivity contribution >= 4 is 5.97 Å². The molecule has 5 heteroatoms. The van der Waals surface area contributed by atoms with Crippen LogP contribution in [0.15, 0.2) is 12.2 Å². The molecule has 4 aliphatic rings. The standard InChI is InChI=1S/C22H35NO4/c1-13(2)19(24)9-8-16-17-11-15-7-4-10-22(21(26)27,14-5-3-6-14)23(15)18(17)12-20(16)25/h8-9,13-20,24-25H,3-7,10-12H2,1-2H3,(H,26,27)/b9-8+/t15?,16-,17-,18-,19+,20-,22?/m1/s1. The highest BCUT2D eigenvalue weighted by Crippen LogP contribution is 2.56. The minimum atomic E-state index is -0.712. The molecule has 27 heavy (non-hydrogen) atoms. The van der Waals surface area contributed by atoms with Gasteiger partial charge in [-0.2, -0.15) is 0 Å². The number of hydrogen-bond acceptors (Lipinski definition) is 4. The average molecular weight is 378 g/mol. The highest BCUT2D eigenvalue weighted by molar-refractivity contribution is 5.80. The van der Waals surface area contributed by atoms with Crippen molar-refractivity contribution in [2.75, 3.05) is 0 Å². The number of aliphatic hydroxyl groups is 2. The Morgan fingerprint density at radius 1 is 1.19 bits per heavy atom. The number of hydrogen-bond donors (Lipinski definition) is 3. The maximum Gasteiger partial charge on any atom is 0.324 e. The van der Waals surface area contributed by atoms with Crippen molar-refractivity contribution in [3.8, 4) is 0 Å². The summed E-state index contributed by atoms with van der Waals surface area (Å²) in [7, 11) is 0. The van der Waals surface area contributed by atoms with Gasteiger partial charge < -0.3 is 15.3 Å². The van der Waals surface area contributed by atoms with E-state index >= 15 is 0 Å². The molecule has 2 heterocycles. The lowest BCUT2D eigenvalue weighted by Crippen LogP contribution is -2.66. The Morgan fingerprint density at radius 2 is 1.93 bits per heavy atom. The summed E-state index contributed by atoms with van der Waals surface area (Å²) in [4.78, 5) is 14.9. The van der Waals surface area contributed by atoms with E-state index in [4.69, 9.17) is 0 Å². The van der Waals surface area contributed by atoms with Crippen LogP contribution in [0.4, 0.5) is 0 Å². The second-order valence-electron chi connectivity index (χ2n) is 9.78. The van der Waals surface area contributed by atoms with Crippen molar-refractivity contribution in [3.63, 3.8) is 0 Å². The summed E-state index contributed by atoms with van der Waals surface area (Å²) in [6, 6.07) is 0.497. The van der Waals surface area contributed by atoms with Crippen LogP contribution in [0.5, 0.6) is 0 Å². The summed E-state index contributed by atoms with van der Waals surface area (Å²) >= 11 is 0. The first kappa shape index (κ1) is 19.4. The molecule has 0 spiro atoms. The van der Waals surface area contributed by atoms with Crippen molar-refractivity contribution in [1.82, 2.24) is 4.90 Å². The Balaban J connectivity index is 1.61. The number of rotatable bonds is 5. The molecule has 152 valence electrons. The van der Waals surface area contributed by atoms with Gasteiger partial charge in [0.1, 0.15) is 5.54 Å². The molecule has 3 N–H and O–H groups in total. The van der Waals surface area contributed by atoms with Gasteiger partial charge in [0.05, 0.1) is 12.2 Å². The molecular weight excluding hydrogens is 342 g/mol. The molecule has 2 aliphatic heterocycles. The van der Waals surface area contributed by atoms with E-state index < -0.39 is 23.7 Å². The molecule has 0 bridgehead atoms. The van der Waals surface area contributed by atoms with E-state index in [1.54, 1.807) is 0 Å². The third-order valence-electron chi connectivity index (χ3n) is 8.13. The van der Waals surface area contributed by atoms with Crippen molar-refractivity contribution in [3.05, 3.63) is 12.2 Å². The topological polar surface area (TPSA) is 81.0 Å². The van der Waals surface area contributed by atoms with Gasteiger partial charge in [-0.25, -0.2) is 0 Å². The number of nitrogens with zero attached hydrogens (tertiary/aromatic N) is 1. The van der Waals surface area contributed by atoms with Gasteiger partial charge in [0.2, 0.25) is 0 Å². The van der Waals surface area contributed by atoms with Crippen LogP contribution in [0.25, 0.3) is 0 Å². The van der Waals surface area contributed by atoms with E-state index in [0.717, 1.165) is 44.9 Å². The number of fused-ring (bicyclic) bond motifs is 3. The first-order valence-corrected chi connectivity index (χ1v) is 10.9. The molecule has 0 aromatic carbocycles. The Kier molecular flexibility index (Phi) is 5.15. The van der Waals surface area contributed by atoms with Crippen LogP contribution in [0.3, 0.4) is 0 Å². The summed E-state index contributed by atoms with van der Waals surface area (Å²) in [5, 5.41) is 31.2. The van der Waals surface area contributed by atoms with Gasteiger partial charge in [0.15, 0.2) is 0 Å². The SMILES string of the molecule is CC(C)[C@@H](O)/C=C/[C@@H]1[C@H]2CC3CCCC(C(=O)O)(C4CCC4)N3[C@@H]2C[C@H]1O. The Morgan fingerprint density at radius 3 is 2.52 bits per heavy atom. The van der Waals surface area contributed by atoms with Gasteiger partial charge in [0.25, 0.3) is 0 Å². The largest absolute Gasteiger partial charge is 0.480 e. The van der Waals surface area contributed by atoms with Crippen molar-refractivity contribution in [1.29, 1.82) is 0 Å². The molecule has 2 saturated heterocycles.